The molecule has 2 aromatic rings. The molecule has 0 aliphatic rings. The molecule has 4 nitrogen and oxygen atoms in total. The Labute approximate surface area is 92.1 Å². The molecule has 0 aliphatic carbocycles. The van der Waals surface area contributed by atoms with Gasteiger partial charge in [0.2, 0.25) is 0 Å². The van der Waals surface area contributed by atoms with Gasteiger partial charge in [0.1, 0.15) is 0 Å². The van der Waals surface area contributed by atoms with E-state index >= 15 is 0 Å². The zero-order chi connectivity index (χ0) is 11.4. The van der Waals surface area contributed by atoms with E-state index in [1.165, 1.54) is 24.5 Å². The van der Waals surface area contributed by atoms with Gasteiger partial charge in [-0.2, -0.15) is 0 Å². The Bertz CT molecular complexity index is 490. The summed E-state index contributed by atoms with van der Waals surface area (Å²) in [7, 11) is 1.69. The molecular weight excluding hydrogens is 209 g/mol. The van der Waals surface area contributed by atoms with Crippen LogP contribution in [0, 0.1) is 5.82 Å². The number of hydrogen-bond donors (Lipinski definition) is 1. The van der Waals surface area contributed by atoms with Gasteiger partial charge in [0, 0.05) is 19.4 Å². The number of aromatic nitrogens is 2. The molecule has 1 heterocycles. The molecule has 0 fully saturated rings. The lowest BCUT2D eigenvalue weighted by Gasteiger charge is -2.08. The lowest BCUT2D eigenvalue weighted by atomic mass is 10.3. The average Bonchev–Trinajstić information content (AvgIpc) is 2.33. The topological polar surface area (TPSA) is 47.0 Å². The van der Waals surface area contributed by atoms with E-state index in [1.54, 1.807) is 19.2 Å². The van der Waals surface area contributed by atoms with Crippen LogP contribution in [0.25, 0.3) is 0 Å². The fourth-order valence-electron chi connectivity index (χ4n) is 1.20. The highest BCUT2D eigenvalue weighted by atomic mass is 19.1. The molecule has 0 atom stereocenters. The zero-order valence-corrected chi connectivity index (χ0v) is 8.64. The molecule has 0 radical (unpaired) electrons. The van der Waals surface area contributed by atoms with Crippen molar-refractivity contribution in [3.05, 3.63) is 42.5 Å². The number of hydrogen-bond acceptors (Lipinski definition) is 4. The smallest absolute Gasteiger partial charge is 0.263 e. The van der Waals surface area contributed by atoms with Crippen molar-refractivity contribution in [2.24, 2.45) is 0 Å². The van der Waals surface area contributed by atoms with Crippen LogP contribution in [-0.4, -0.2) is 17.0 Å². The molecule has 1 N–H and O–H groups in total. The van der Waals surface area contributed by atoms with Crippen LogP contribution in [0.3, 0.4) is 0 Å². The van der Waals surface area contributed by atoms with Crippen LogP contribution >= 0.6 is 0 Å². The minimum atomic E-state index is -0.435. The van der Waals surface area contributed by atoms with Crippen molar-refractivity contribution in [2.45, 2.75) is 0 Å². The molecule has 0 saturated heterocycles. The largest absolute Gasteiger partial charge is 0.433 e. The first-order valence-corrected chi connectivity index (χ1v) is 4.72. The van der Waals surface area contributed by atoms with Crippen molar-refractivity contribution in [3.63, 3.8) is 0 Å². The summed E-state index contributed by atoms with van der Waals surface area (Å²) in [4.78, 5) is 7.97. The lowest BCUT2D eigenvalue weighted by molar-refractivity contribution is 0.427. The van der Waals surface area contributed by atoms with E-state index in [1.807, 2.05) is 0 Å². The summed E-state index contributed by atoms with van der Waals surface area (Å²) in [6.45, 7) is 0. The number of ether oxygens (including phenoxy) is 1. The van der Waals surface area contributed by atoms with E-state index in [0.29, 0.717) is 5.82 Å². The molecule has 2 rings (SSSR count). The highest BCUT2D eigenvalue weighted by molar-refractivity contribution is 5.46. The number of benzene rings is 1. The maximum Gasteiger partial charge on any atom is 0.263 e. The Morgan fingerprint density at radius 3 is 2.69 bits per heavy atom. The average molecular weight is 219 g/mol. The summed E-state index contributed by atoms with van der Waals surface area (Å²) in [5.41, 5.74) is 0. The molecule has 0 unspecified atom stereocenters. The van der Waals surface area contributed by atoms with Gasteiger partial charge in [-0.25, -0.2) is 14.4 Å². The number of rotatable bonds is 3. The maximum absolute atomic E-state index is 13.3. The Morgan fingerprint density at radius 1 is 1.19 bits per heavy atom. The zero-order valence-electron chi connectivity index (χ0n) is 8.64. The van der Waals surface area contributed by atoms with Gasteiger partial charge >= 0.3 is 0 Å². The van der Waals surface area contributed by atoms with E-state index in [4.69, 9.17) is 4.74 Å². The summed E-state index contributed by atoms with van der Waals surface area (Å²) in [6.07, 6.45) is 3.01. The van der Waals surface area contributed by atoms with Gasteiger partial charge in [0.05, 0.1) is 0 Å². The quantitative estimate of drug-likeness (QED) is 0.861. The van der Waals surface area contributed by atoms with E-state index in [0.717, 1.165) is 0 Å². The van der Waals surface area contributed by atoms with E-state index in [9.17, 15) is 4.39 Å². The van der Waals surface area contributed by atoms with Crippen LogP contribution < -0.4 is 10.1 Å². The molecule has 0 bridgehead atoms. The van der Waals surface area contributed by atoms with Crippen molar-refractivity contribution in [1.29, 1.82) is 0 Å². The monoisotopic (exact) mass is 219 g/mol. The summed E-state index contributed by atoms with van der Waals surface area (Å²) in [5, 5.41) is 2.81. The van der Waals surface area contributed by atoms with Gasteiger partial charge < -0.3 is 10.1 Å². The molecule has 16 heavy (non-hydrogen) atoms. The molecular formula is C11H10FN3O. The molecule has 1 aromatic heterocycles. The fourth-order valence-corrected chi connectivity index (χ4v) is 1.20. The van der Waals surface area contributed by atoms with E-state index in [-0.39, 0.29) is 11.6 Å². The van der Waals surface area contributed by atoms with Gasteiger partial charge in [0.15, 0.2) is 17.4 Å². The van der Waals surface area contributed by atoms with Gasteiger partial charge in [-0.05, 0) is 12.1 Å². The minimum Gasteiger partial charge on any atom is -0.433 e. The standard InChI is InChI=1S/C11H10FN3O/c1-13-10-11(15-7-6-14-10)16-9-5-3-2-4-8(9)12/h2-7H,1H3,(H,13,14). The van der Waals surface area contributed by atoms with Gasteiger partial charge in [-0.3, -0.25) is 0 Å². The summed E-state index contributed by atoms with van der Waals surface area (Å²) >= 11 is 0. The van der Waals surface area contributed by atoms with Crippen LogP contribution in [0.1, 0.15) is 0 Å². The highest BCUT2D eigenvalue weighted by Gasteiger charge is 2.08. The van der Waals surface area contributed by atoms with Crippen molar-refractivity contribution >= 4 is 5.82 Å². The Morgan fingerprint density at radius 2 is 1.94 bits per heavy atom. The third-order valence-electron chi connectivity index (χ3n) is 1.94. The van der Waals surface area contributed by atoms with Crippen LogP contribution in [0.2, 0.25) is 0 Å². The molecule has 0 amide bonds. The number of halogens is 1. The Balaban J connectivity index is 2.30. The summed E-state index contributed by atoms with van der Waals surface area (Å²) in [6, 6.07) is 6.14. The first-order chi connectivity index (χ1) is 7.81. The van der Waals surface area contributed by atoms with Crippen molar-refractivity contribution in [3.8, 4) is 11.6 Å². The third kappa shape index (κ3) is 2.08. The second-order valence-corrected chi connectivity index (χ2v) is 2.99. The predicted molar refractivity (Wildman–Crippen MR) is 58.1 cm³/mol. The molecule has 1 aromatic carbocycles. The van der Waals surface area contributed by atoms with Crippen LogP contribution in [-0.2, 0) is 0 Å². The molecule has 5 heteroatoms. The Kier molecular flexibility index (Phi) is 2.95. The second-order valence-electron chi connectivity index (χ2n) is 2.99. The van der Waals surface area contributed by atoms with Crippen LogP contribution in [0.5, 0.6) is 11.6 Å². The lowest BCUT2D eigenvalue weighted by Crippen LogP contribution is -1.98. The van der Waals surface area contributed by atoms with Crippen molar-refractivity contribution in [1.82, 2.24) is 9.97 Å². The fraction of sp³-hybridized carbons (Fsp3) is 0.0909. The van der Waals surface area contributed by atoms with Gasteiger partial charge in [-0.1, -0.05) is 12.1 Å². The maximum atomic E-state index is 13.3. The Hall–Kier alpha value is -2.17. The summed E-state index contributed by atoms with van der Waals surface area (Å²) in [5.74, 6) is 0.399. The molecule has 0 aliphatic heterocycles. The molecule has 0 spiro atoms. The number of nitrogens with zero attached hydrogens (tertiary/aromatic N) is 2. The number of para-hydroxylation sites is 1. The van der Waals surface area contributed by atoms with Crippen molar-refractivity contribution in [2.75, 3.05) is 12.4 Å². The number of nitrogens with one attached hydrogen (secondary N) is 1. The van der Waals surface area contributed by atoms with Crippen molar-refractivity contribution < 1.29 is 9.13 Å². The van der Waals surface area contributed by atoms with E-state index < -0.39 is 5.82 Å². The first kappa shape index (κ1) is 10.4. The molecule has 82 valence electrons. The van der Waals surface area contributed by atoms with Crippen LogP contribution in [0.15, 0.2) is 36.7 Å². The first-order valence-electron chi connectivity index (χ1n) is 4.72. The summed E-state index contributed by atoms with van der Waals surface area (Å²) < 4.78 is 18.6. The minimum absolute atomic E-state index is 0.125. The molecule has 0 saturated carbocycles. The SMILES string of the molecule is CNc1nccnc1Oc1ccccc1F. The normalized spacial score (nSPS) is 9.88. The second kappa shape index (κ2) is 4.57. The van der Waals surface area contributed by atoms with Crippen LogP contribution in [0.4, 0.5) is 10.2 Å². The third-order valence-corrected chi connectivity index (χ3v) is 1.94. The van der Waals surface area contributed by atoms with E-state index in [2.05, 4.69) is 15.3 Å². The number of anilines is 1. The highest BCUT2D eigenvalue weighted by Crippen LogP contribution is 2.26. The predicted octanol–water partition coefficient (Wildman–Crippen LogP) is 2.45. The van der Waals surface area contributed by atoms with Gasteiger partial charge in [-0.15, -0.1) is 0 Å². The van der Waals surface area contributed by atoms with Gasteiger partial charge in [0.25, 0.3) is 5.88 Å².